The largest absolute Gasteiger partial charge is 0.378 e. The molecule has 1 aliphatic rings. The number of para-hydroxylation sites is 1. The number of hydrogen-bond donors (Lipinski definition) is 1. The van der Waals surface area contributed by atoms with Crippen LogP contribution in [0.3, 0.4) is 0 Å². The van der Waals surface area contributed by atoms with Gasteiger partial charge in [0, 0.05) is 24.2 Å². The Morgan fingerprint density at radius 1 is 1.04 bits per heavy atom. The zero-order valence-electron chi connectivity index (χ0n) is 14.0. The van der Waals surface area contributed by atoms with Gasteiger partial charge in [-0.15, -0.1) is 0 Å². The molecule has 4 rings (SSSR count). The van der Waals surface area contributed by atoms with E-state index in [0.29, 0.717) is 43.3 Å². The van der Waals surface area contributed by atoms with Crippen molar-refractivity contribution < 1.29 is 13.9 Å². The average molecular weight is 352 g/mol. The number of nitrogens with zero attached hydrogens (tertiary/aromatic N) is 3. The standard InChI is InChI=1S/C19H17FN4O2/c20-13-5-7-14(8-6-13)21-17-15-3-1-2-4-16(15)22-18(23-17)19(25)24-9-11-26-12-10-24/h1-8H,9-12H2,(H,21,22,23). The molecule has 1 amide bonds. The summed E-state index contributed by atoms with van der Waals surface area (Å²) >= 11 is 0. The van der Waals surface area contributed by atoms with Crippen LogP contribution in [0.1, 0.15) is 10.6 Å². The number of hydrogen-bond acceptors (Lipinski definition) is 5. The summed E-state index contributed by atoms with van der Waals surface area (Å²) in [4.78, 5) is 23.3. The minimum Gasteiger partial charge on any atom is -0.378 e. The number of halogens is 1. The van der Waals surface area contributed by atoms with Crippen molar-refractivity contribution in [3.63, 3.8) is 0 Å². The third-order valence-corrected chi connectivity index (χ3v) is 4.20. The number of fused-ring (bicyclic) bond motifs is 1. The molecule has 132 valence electrons. The molecule has 1 fully saturated rings. The summed E-state index contributed by atoms with van der Waals surface area (Å²) in [5, 5.41) is 3.95. The highest BCUT2D eigenvalue weighted by molar-refractivity contribution is 5.97. The molecule has 0 bridgehead atoms. The monoisotopic (exact) mass is 352 g/mol. The Hall–Kier alpha value is -3.06. The Bertz CT molecular complexity index is 940. The van der Waals surface area contributed by atoms with E-state index in [1.807, 2.05) is 24.3 Å². The first-order chi connectivity index (χ1) is 12.7. The molecule has 1 aliphatic heterocycles. The fourth-order valence-electron chi connectivity index (χ4n) is 2.85. The van der Waals surface area contributed by atoms with Crippen LogP contribution in [0.5, 0.6) is 0 Å². The van der Waals surface area contributed by atoms with Crippen molar-refractivity contribution in [1.29, 1.82) is 0 Å². The SMILES string of the molecule is O=C(c1nc(Nc2ccc(F)cc2)c2ccccc2n1)N1CCOCC1. The second-order valence-corrected chi connectivity index (χ2v) is 5.95. The second kappa shape index (κ2) is 7.05. The Morgan fingerprint density at radius 3 is 2.54 bits per heavy atom. The van der Waals surface area contributed by atoms with Crippen molar-refractivity contribution in [2.24, 2.45) is 0 Å². The summed E-state index contributed by atoms with van der Waals surface area (Å²) in [5.41, 5.74) is 1.35. The van der Waals surface area contributed by atoms with Gasteiger partial charge in [0.2, 0.25) is 5.82 Å². The molecule has 1 aromatic heterocycles. The maximum Gasteiger partial charge on any atom is 0.291 e. The smallest absolute Gasteiger partial charge is 0.291 e. The molecular weight excluding hydrogens is 335 g/mol. The van der Waals surface area contributed by atoms with Gasteiger partial charge in [-0.2, -0.15) is 0 Å². The van der Waals surface area contributed by atoms with Gasteiger partial charge in [-0.3, -0.25) is 4.79 Å². The van der Waals surface area contributed by atoms with E-state index in [1.165, 1.54) is 12.1 Å². The molecule has 0 saturated carbocycles. The number of anilines is 2. The number of carbonyl (C=O) groups excluding carboxylic acids is 1. The molecule has 6 nitrogen and oxygen atoms in total. The quantitative estimate of drug-likeness (QED) is 0.785. The number of carbonyl (C=O) groups is 1. The van der Waals surface area contributed by atoms with Crippen LogP contribution >= 0.6 is 0 Å². The fourth-order valence-corrected chi connectivity index (χ4v) is 2.85. The van der Waals surface area contributed by atoms with Gasteiger partial charge < -0.3 is 15.0 Å². The maximum atomic E-state index is 13.1. The third kappa shape index (κ3) is 3.34. The lowest BCUT2D eigenvalue weighted by Gasteiger charge is -2.26. The van der Waals surface area contributed by atoms with Crippen molar-refractivity contribution in [1.82, 2.24) is 14.9 Å². The van der Waals surface area contributed by atoms with E-state index in [1.54, 1.807) is 17.0 Å². The first-order valence-corrected chi connectivity index (χ1v) is 8.37. The Labute approximate surface area is 149 Å². The van der Waals surface area contributed by atoms with Crippen LogP contribution < -0.4 is 5.32 Å². The lowest BCUT2D eigenvalue weighted by atomic mass is 10.2. The molecule has 3 aromatic rings. The van der Waals surface area contributed by atoms with Crippen LogP contribution in [0.25, 0.3) is 10.9 Å². The molecule has 0 aliphatic carbocycles. The normalized spacial score (nSPS) is 14.4. The molecule has 1 N–H and O–H groups in total. The van der Waals surface area contributed by atoms with Crippen LogP contribution in [0.4, 0.5) is 15.9 Å². The van der Waals surface area contributed by atoms with Crippen LogP contribution in [-0.4, -0.2) is 47.1 Å². The van der Waals surface area contributed by atoms with Gasteiger partial charge in [0.15, 0.2) is 0 Å². The molecule has 0 unspecified atom stereocenters. The average Bonchev–Trinajstić information content (AvgIpc) is 2.69. The van der Waals surface area contributed by atoms with Gasteiger partial charge in [-0.05, 0) is 36.4 Å². The summed E-state index contributed by atoms with van der Waals surface area (Å²) in [6.07, 6.45) is 0. The van der Waals surface area contributed by atoms with Gasteiger partial charge in [0.25, 0.3) is 5.91 Å². The summed E-state index contributed by atoms with van der Waals surface area (Å²) in [7, 11) is 0. The molecule has 0 atom stereocenters. The topological polar surface area (TPSA) is 67.4 Å². The summed E-state index contributed by atoms with van der Waals surface area (Å²) in [6, 6.07) is 13.4. The summed E-state index contributed by atoms with van der Waals surface area (Å²) in [6.45, 7) is 2.07. The lowest BCUT2D eigenvalue weighted by Crippen LogP contribution is -2.41. The van der Waals surface area contributed by atoms with E-state index in [-0.39, 0.29) is 17.5 Å². The van der Waals surface area contributed by atoms with Crippen molar-refractivity contribution in [3.8, 4) is 0 Å². The fraction of sp³-hybridized carbons (Fsp3) is 0.211. The second-order valence-electron chi connectivity index (χ2n) is 5.95. The van der Waals surface area contributed by atoms with E-state index in [4.69, 9.17) is 4.74 Å². The summed E-state index contributed by atoms with van der Waals surface area (Å²) in [5.74, 6) is 0.113. The van der Waals surface area contributed by atoms with E-state index >= 15 is 0 Å². The molecule has 0 spiro atoms. The number of benzene rings is 2. The zero-order chi connectivity index (χ0) is 17.9. The van der Waals surface area contributed by atoms with Crippen molar-refractivity contribution in [2.75, 3.05) is 31.6 Å². The molecular formula is C19H17FN4O2. The predicted octanol–water partition coefficient (Wildman–Crippen LogP) is 2.98. The zero-order valence-corrected chi connectivity index (χ0v) is 14.0. The molecule has 2 aromatic carbocycles. The van der Waals surface area contributed by atoms with Crippen LogP contribution in [0.2, 0.25) is 0 Å². The predicted molar refractivity (Wildman–Crippen MR) is 95.9 cm³/mol. The maximum absolute atomic E-state index is 13.1. The molecule has 2 heterocycles. The summed E-state index contributed by atoms with van der Waals surface area (Å²) < 4.78 is 18.4. The number of amides is 1. The van der Waals surface area contributed by atoms with Crippen LogP contribution in [-0.2, 0) is 4.74 Å². The Balaban J connectivity index is 1.73. The van der Waals surface area contributed by atoms with Crippen molar-refractivity contribution in [3.05, 3.63) is 60.2 Å². The van der Waals surface area contributed by atoms with Crippen LogP contribution in [0, 0.1) is 5.82 Å². The Kier molecular flexibility index (Phi) is 4.45. The molecule has 0 radical (unpaired) electrons. The first kappa shape index (κ1) is 16.4. The van der Waals surface area contributed by atoms with E-state index in [2.05, 4.69) is 15.3 Å². The third-order valence-electron chi connectivity index (χ3n) is 4.20. The van der Waals surface area contributed by atoms with Gasteiger partial charge in [-0.1, -0.05) is 12.1 Å². The first-order valence-electron chi connectivity index (χ1n) is 8.37. The number of aromatic nitrogens is 2. The van der Waals surface area contributed by atoms with E-state index in [0.717, 1.165) is 5.39 Å². The van der Waals surface area contributed by atoms with Crippen molar-refractivity contribution in [2.45, 2.75) is 0 Å². The molecule has 1 saturated heterocycles. The van der Waals surface area contributed by atoms with Gasteiger partial charge in [0.1, 0.15) is 11.6 Å². The van der Waals surface area contributed by atoms with Gasteiger partial charge in [0.05, 0.1) is 18.7 Å². The number of rotatable bonds is 3. The highest BCUT2D eigenvalue weighted by atomic mass is 19.1. The minimum atomic E-state index is -0.314. The number of nitrogens with one attached hydrogen (secondary N) is 1. The van der Waals surface area contributed by atoms with Crippen LogP contribution in [0.15, 0.2) is 48.5 Å². The molecule has 7 heteroatoms. The van der Waals surface area contributed by atoms with Gasteiger partial charge >= 0.3 is 0 Å². The van der Waals surface area contributed by atoms with Crippen molar-refractivity contribution >= 4 is 28.3 Å². The minimum absolute atomic E-state index is 0.134. The Morgan fingerprint density at radius 2 is 1.77 bits per heavy atom. The van der Waals surface area contributed by atoms with Gasteiger partial charge in [-0.25, -0.2) is 14.4 Å². The number of ether oxygens (including phenoxy) is 1. The van der Waals surface area contributed by atoms with E-state index < -0.39 is 0 Å². The number of morpholine rings is 1. The molecule has 26 heavy (non-hydrogen) atoms. The highest BCUT2D eigenvalue weighted by Gasteiger charge is 2.22. The highest BCUT2D eigenvalue weighted by Crippen LogP contribution is 2.24. The lowest BCUT2D eigenvalue weighted by molar-refractivity contribution is 0.0295. The van der Waals surface area contributed by atoms with E-state index in [9.17, 15) is 9.18 Å².